The van der Waals surface area contributed by atoms with Crippen molar-refractivity contribution in [3.8, 4) is 6.07 Å². The molecule has 0 amide bonds. The summed E-state index contributed by atoms with van der Waals surface area (Å²) in [6, 6.07) is 1.88. The Bertz CT molecular complexity index is 162. The summed E-state index contributed by atoms with van der Waals surface area (Å²) in [5.41, 5.74) is 5.98. The summed E-state index contributed by atoms with van der Waals surface area (Å²) < 4.78 is 0. The highest BCUT2D eigenvalue weighted by Crippen LogP contribution is 1.81. The second kappa shape index (κ2) is 4.85. The van der Waals surface area contributed by atoms with Crippen molar-refractivity contribution in [2.45, 2.75) is 6.92 Å². The molecule has 0 rings (SSSR count). The Hall–Kier alpha value is -1.30. The van der Waals surface area contributed by atoms with Crippen LogP contribution in [0.2, 0.25) is 0 Å². The van der Waals surface area contributed by atoms with Crippen LogP contribution in [0.5, 0.6) is 0 Å². The van der Waals surface area contributed by atoms with E-state index in [9.17, 15) is 0 Å². The summed E-state index contributed by atoms with van der Waals surface area (Å²) in [7, 11) is 0. The van der Waals surface area contributed by atoms with Gasteiger partial charge in [0.1, 0.15) is 6.54 Å². The first kappa shape index (κ1) is 7.70. The van der Waals surface area contributed by atoms with Gasteiger partial charge in [0.15, 0.2) is 0 Å². The minimum atomic E-state index is 0.200. The van der Waals surface area contributed by atoms with Gasteiger partial charge < -0.3 is 5.73 Å². The summed E-state index contributed by atoms with van der Waals surface area (Å²) in [6.45, 7) is 2.02. The van der Waals surface area contributed by atoms with Crippen molar-refractivity contribution in [2.75, 3.05) is 6.54 Å². The predicted octanol–water partition coefficient (Wildman–Crippen LogP) is 0.443. The van der Waals surface area contributed by atoms with Crippen LogP contribution in [0.1, 0.15) is 6.92 Å². The fourth-order valence-electron chi connectivity index (χ4n) is 0.273. The predicted molar refractivity (Wildman–Crippen MR) is 36.9 cm³/mol. The van der Waals surface area contributed by atoms with Gasteiger partial charge in [-0.05, 0) is 18.7 Å². The molecular weight excluding hydrogens is 114 g/mol. The first-order valence-corrected chi connectivity index (χ1v) is 2.56. The van der Waals surface area contributed by atoms with Gasteiger partial charge in [0, 0.05) is 6.21 Å². The molecule has 0 saturated carbocycles. The Kier molecular flexibility index (Phi) is 4.15. The molecule has 0 aliphatic rings. The maximum Gasteiger partial charge on any atom is 0.126 e. The smallest absolute Gasteiger partial charge is 0.126 e. The monoisotopic (exact) mass is 123 g/mol. The van der Waals surface area contributed by atoms with Crippen LogP contribution in [0.4, 0.5) is 0 Å². The van der Waals surface area contributed by atoms with Gasteiger partial charge in [0.05, 0.1) is 6.07 Å². The topological polar surface area (TPSA) is 62.2 Å². The van der Waals surface area contributed by atoms with Gasteiger partial charge in [-0.25, -0.2) is 0 Å². The Morgan fingerprint density at radius 3 is 3.00 bits per heavy atom. The van der Waals surface area contributed by atoms with E-state index in [1.54, 1.807) is 6.21 Å². The first-order valence-electron chi connectivity index (χ1n) is 2.56. The third-order valence-electron chi connectivity index (χ3n) is 0.720. The van der Waals surface area contributed by atoms with Crippen LogP contribution in [-0.2, 0) is 0 Å². The minimum absolute atomic E-state index is 0.200. The second-order valence-corrected chi connectivity index (χ2v) is 1.54. The molecule has 0 spiro atoms. The van der Waals surface area contributed by atoms with Crippen LogP contribution in [0.15, 0.2) is 16.8 Å². The van der Waals surface area contributed by atoms with Gasteiger partial charge in [-0.2, -0.15) is 5.26 Å². The molecule has 3 nitrogen and oxygen atoms in total. The third-order valence-corrected chi connectivity index (χ3v) is 0.720. The van der Waals surface area contributed by atoms with E-state index in [0.717, 1.165) is 5.57 Å². The molecule has 0 aliphatic carbocycles. The normalized spacial score (nSPS) is 11.8. The highest BCUT2D eigenvalue weighted by Gasteiger charge is 1.76. The van der Waals surface area contributed by atoms with Crippen molar-refractivity contribution in [1.82, 2.24) is 0 Å². The van der Waals surface area contributed by atoms with Gasteiger partial charge in [0.25, 0.3) is 0 Å². The molecule has 48 valence electrons. The maximum absolute atomic E-state index is 8.04. The summed E-state index contributed by atoms with van der Waals surface area (Å²) >= 11 is 0. The van der Waals surface area contributed by atoms with Gasteiger partial charge in [0.2, 0.25) is 0 Å². The molecule has 0 aromatic rings. The molecule has 0 aliphatic heterocycles. The number of hydrogen-bond donors (Lipinski definition) is 1. The molecule has 0 saturated heterocycles. The van der Waals surface area contributed by atoms with Crippen LogP contribution in [0.25, 0.3) is 0 Å². The van der Waals surface area contributed by atoms with Gasteiger partial charge in [-0.1, -0.05) is 0 Å². The number of hydrogen-bond acceptors (Lipinski definition) is 3. The van der Waals surface area contributed by atoms with Crippen molar-refractivity contribution in [2.24, 2.45) is 10.7 Å². The number of aliphatic imine (C=N–C) groups is 1. The minimum Gasteiger partial charge on any atom is -0.404 e. The molecule has 0 atom stereocenters. The van der Waals surface area contributed by atoms with Crippen molar-refractivity contribution < 1.29 is 0 Å². The zero-order valence-electron chi connectivity index (χ0n) is 5.33. The van der Waals surface area contributed by atoms with Gasteiger partial charge in [-0.15, -0.1) is 0 Å². The molecule has 0 bridgehead atoms. The van der Waals surface area contributed by atoms with Crippen LogP contribution in [-0.4, -0.2) is 12.8 Å². The standard InChI is InChI=1S/C6H9N3/c1-6(4-8)5-9-3-2-7/h4-5H,3,8H2,1H3. The molecule has 0 unspecified atom stereocenters. The van der Waals surface area contributed by atoms with Crippen LogP contribution < -0.4 is 5.73 Å². The number of nitrogens with two attached hydrogens (primary N) is 1. The van der Waals surface area contributed by atoms with Crippen molar-refractivity contribution in [3.05, 3.63) is 11.8 Å². The van der Waals surface area contributed by atoms with E-state index in [-0.39, 0.29) is 6.54 Å². The van der Waals surface area contributed by atoms with E-state index in [0.29, 0.717) is 0 Å². The third kappa shape index (κ3) is 4.56. The number of nitriles is 1. The maximum atomic E-state index is 8.04. The lowest BCUT2D eigenvalue weighted by Crippen LogP contribution is -1.85. The van der Waals surface area contributed by atoms with Crippen molar-refractivity contribution in [1.29, 1.82) is 5.26 Å². The summed E-state index contributed by atoms with van der Waals surface area (Å²) in [5, 5.41) is 8.04. The van der Waals surface area contributed by atoms with Crippen LogP contribution >= 0.6 is 0 Å². The summed E-state index contributed by atoms with van der Waals surface area (Å²) in [5.74, 6) is 0. The van der Waals surface area contributed by atoms with E-state index in [4.69, 9.17) is 11.0 Å². The molecular formula is C6H9N3. The largest absolute Gasteiger partial charge is 0.404 e. The zero-order chi connectivity index (χ0) is 7.11. The molecule has 0 fully saturated rings. The average Bonchev–Trinajstić information content (AvgIpc) is 1.89. The molecule has 0 aromatic heterocycles. The fraction of sp³-hybridized carbons (Fsp3) is 0.333. The fourth-order valence-corrected chi connectivity index (χ4v) is 0.273. The number of nitrogens with zero attached hydrogens (tertiary/aromatic N) is 2. The second-order valence-electron chi connectivity index (χ2n) is 1.54. The molecule has 2 N–H and O–H groups in total. The molecule has 0 heterocycles. The average molecular weight is 123 g/mol. The van der Waals surface area contributed by atoms with Gasteiger partial charge >= 0.3 is 0 Å². The van der Waals surface area contributed by atoms with E-state index in [2.05, 4.69) is 4.99 Å². The van der Waals surface area contributed by atoms with Crippen molar-refractivity contribution >= 4 is 6.21 Å². The SMILES string of the molecule is CC(C=NCC#N)=CN. The van der Waals surface area contributed by atoms with Gasteiger partial charge in [-0.3, -0.25) is 4.99 Å². The lowest BCUT2D eigenvalue weighted by molar-refractivity contribution is 1.25. The molecule has 3 heteroatoms. The quantitative estimate of drug-likeness (QED) is 0.428. The zero-order valence-corrected chi connectivity index (χ0v) is 5.33. The Balaban J connectivity index is 3.61. The highest BCUT2D eigenvalue weighted by molar-refractivity contribution is 5.77. The Labute approximate surface area is 54.5 Å². The van der Waals surface area contributed by atoms with Crippen LogP contribution in [0.3, 0.4) is 0 Å². The van der Waals surface area contributed by atoms with E-state index >= 15 is 0 Å². The molecule has 0 aromatic carbocycles. The van der Waals surface area contributed by atoms with E-state index in [1.165, 1.54) is 6.20 Å². The molecule has 0 radical (unpaired) electrons. The summed E-state index contributed by atoms with van der Waals surface area (Å²) in [4.78, 5) is 3.73. The molecule has 9 heavy (non-hydrogen) atoms. The Morgan fingerprint density at radius 1 is 1.89 bits per heavy atom. The Morgan fingerprint density at radius 2 is 2.56 bits per heavy atom. The number of rotatable bonds is 2. The van der Waals surface area contributed by atoms with E-state index < -0.39 is 0 Å². The number of allylic oxidation sites excluding steroid dienone is 1. The first-order chi connectivity index (χ1) is 4.31. The highest BCUT2D eigenvalue weighted by atomic mass is 14.7. The summed E-state index contributed by atoms with van der Waals surface area (Å²) in [6.07, 6.45) is 3.02. The van der Waals surface area contributed by atoms with E-state index in [1.807, 2.05) is 13.0 Å². The van der Waals surface area contributed by atoms with Crippen molar-refractivity contribution in [3.63, 3.8) is 0 Å². The lowest BCUT2D eigenvalue weighted by atomic mass is 10.4. The lowest BCUT2D eigenvalue weighted by Gasteiger charge is -1.83. The van der Waals surface area contributed by atoms with Crippen LogP contribution in [0, 0.1) is 11.3 Å².